The van der Waals surface area contributed by atoms with Gasteiger partial charge in [-0.2, -0.15) is 4.98 Å². The van der Waals surface area contributed by atoms with Crippen molar-refractivity contribution >= 4 is 23.4 Å². The van der Waals surface area contributed by atoms with Gasteiger partial charge in [-0.15, -0.1) is 0 Å². The van der Waals surface area contributed by atoms with E-state index in [0.717, 1.165) is 11.4 Å². The zero-order valence-electron chi connectivity index (χ0n) is 12.4. The predicted octanol–water partition coefficient (Wildman–Crippen LogP) is 3.00. The fourth-order valence-electron chi connectivity index (χ4n) is 1.93. The topological polar surface area (TPSA) is 50.3 Å². The number of hydrogen-bond acceptors (Lipinski definition) is 5. The standard InChI is InChI=1S/C15H19ClN4O/c1-20(2)15-17-8-7-14(19-15)18-13(10-21-3)11-5-4-6-12(16)9-11/h4-9,13H,10H2,1-3H3,(H,17,18,19). The Labute approximate surface area is 129 Å². The zero-order chi connectivity index (χ0) is 15.2. The molecule has 0 saturated carbocycles. The maximum Gasteiger partial charge on any atom is 0.226 e. The third-order valence-corrected chi connectivity index (χ3v) is 3.18. The Kier molecular flexibility index (Phi) is 5.36. The minimum absolute atomic E-state index is 0.0291. The fraction of sp³-hybridized carbons (Fsp3) is 0.333. The van der Waals surface area contributed by atoms with E-state index in [4.69, 9.17) is 16.3 Å². The van der Waals surface area contributed by atoms with E-state index in [1.807, 2.05) is 49.3 Å². The molecule has 0 aliphatic carbocycles. The van der Waals surface area contributed by atoms with Gasteiger partial charge < -0.3 is 15.0 Å². The number of nitrogens with zero attached hydrogens (tertiary/aromatic N) is 3. The average Bonchev–Trinajstić information content (AvgIpc) is 2.47. The van der Waals surface area contributed by atoms with Crippen molar-refractivity contribution in [2.24, 2.45) is 0 Å². The van der Waals surface area contributed by atoms with Crippen LogP contribution in [0.4, 0.5) is 11.8 Å². The van der Waals surface area contributed by atoms with E-state index in [1.54, 1.807) is 13.3 Å². The van der Waals surface area contributed by atoms with E-state index in [9.17, 15) is 0 Å². The van der Waals surface area contributed by atoms with Crippen molar-refractivity contribution in [2.45, 2.75) is 6.04 Å². The van der Waals surface area contributed by atoms with Crippen LogP contribution in [-0.2, 0) is 4.74 Å². The first-order valence-corrected chi connectivity index (χ1v) is 6.99. The molecule has 112 valence electrons. The third kappa shape index (κ3) is 4.31. The smallest absolute Gasteiger partial charge is 0.226 e. The second-order valence-corrected chi connectivity index (χ2v) is 5.28. The van der Waals surface area contributed by atoms with Crippen LogP contribution in [0.3, 0.4) is 0 Å². The molecule has 6 heteroatoms. The Bertz CT molecular complexity index is 591. The van der Waals surface area contributed by atoms with Crippen LogP contribution in [0.2, 0.25) is 5.02 Å². The third-order valence-electron chi connectivity index (χ3n) is 2.95. The van der Waals surface area contributed by atoms with E-state index in [0.29, 0.717) is 17.6 Å². The molecule has 0 aliphatic heterocycles. The van der Waals surface area contributed by atoms with Crippen molar-refractivity contribution in [3.05, 3.63) is 47.1 Å². The van der Waals surface area contributed by atoms with Crippen molar-refractivity contribution in [3.8, 4) is 0 Å². The van der Waals surface area contributed by atoms with Gasteiger partial charge in [0.05, 0.1) is 12.6 Å². The lowest BCUT2D eigenvalue weighted by atomic mass is 10.1. The van der Waals surface area contributed by atoms with E-state index >= 15 is 0 Å². The molecule has 1 unspecified atom stereocenters. The van der Waals surface area contributed by atoms with Gasteiger partial charge in [0.15, 0.2) is 0 Å². The number of nitrogens with one attached hydrogen (secondary N) is 1. The highest BCUT2D eigenvalue weighted by Gasteiger charge is 2.13. The van der Waals surface area contributed by atoms with Crippen LogP contribution in [0.5, 0.6) is 0 Å². The molecule has 0 spiro atoms. The fourth-order valence-corrected chi connectivity index (χ4v) is 2.13. The monoisotopic (exact) mass is 306 g/mol. The summed E-state index contributed by atoms with van der Waals surface area (Å²) < 4.78 is 5.29. The Hall–Kier alpha value is -1.85. The van der Waals surface area contributed by atoms with Gasteiger partial charge in [-0.1, -0.05) is 23.7 Å². The van der Waals surface area contributed by atoms with Gasteiger partial charge in [0, 0.05) is 32.4 Å². The van der Waals surface area contributed by atoms with Crippen molar-refractivity contribution in [3.63, 3.8) is 0 Å². The number of benzene rings is 1. The van der Waals surface area contributed by atoms with Crippen LogP contribution in [-0.4, -0.2) is 37.8 Å². The molecule has 2 aromatic rings. The molecule has 1 N–H and O–H groups in total. The van der Waals surface area contributed by atoms with Crippen LogP contribution in [0.25, 0.3) is 0 Å². The van der Waals surface area contributed by atoms with Gasteiger partial charge >= 0.3 is 0 Å². The molecule has 0 fully saturated rings. The molecule has 21 heavy (non-hydrogen) atoms. The number of rotatable bonds is 6. The summed E-state index contributed by atoms with van der Waals surface area (Å²) in [5, 5.41) is 4.06. The van der Waals surface area contributed by atoms with Crippen molar-refractivity contribution in [1.29, 1.82) is 0 Å². The quantitative estimate of drug-likeness (QED) is 0.889. The summed E-state index contributed by atoms with van der Waals surface area (Å²) >= 11 is 6.06. The number of methoxy groups -OCH3 is 1. The Morgan fingerprint density at radius 3 is 2.81 bits per heavy atom. The van der Waals surface area contributed by atoms with Gasteiger partial charge in [-0.25, -0.2) is 4.98 Å². The molecule has 2 rings (SSSR count). The molecule has 0 amide bonds. The van der Waals surface area contributed by atoms with Crippen LogP contribution in [0.15, 0.2) is 36.5 Å². The van der Waals surface area contributed by atoms with Gasteiger partial charge in [0.2, 0.25) is 5.95 Å². The van der Waals surface area contributed by atoms with Crippen LogP contribution in [0, 0.1) is 0 Å². The number of halogens is 1. The highest BCUT2D eigenvalue weighted by molar-refractivity contribution is 6.30. The Morgan fingerprint density at radius 2 is 2.14 bits per heavy atom. The predicted molar refractivity (Wildman–Crippen MR) is 86.1 cm³/mol. The van der Waals surface area contributed by atoms with E-state index in [2.05, 4.69) is 15.3 Å². The first-order valence-electron chi connectivity index (χ1n) is 6.61. The van der Waals surface area contributed by atoms with E-state index < -0.39 is 0 Å². The van der Waals surface area contributed by atoms with Crippen LogP contribution < -0.4 is 10.2 Å². The second kappa shape index (κ2) is 7.24. The van der Waals surface area contributed by atoms with Crippen molar-refractivity contribution in [2.75, 3.05) is 38.0 Å². The lowest BCUT2D eigenvalue weighted by molar-refractivity contribution is 0.186. The molecule has 1 aromatic carbocycles. The lowest BCUT2D eigenvalue weighted by Gasteiger charge is -2.20. The summed E-state index contributed by atoms with van der Waals surface area (Å²) in [5.41, 5.74) is 1.05. The molecule has 0 aliphatic rings. The molecule has 1 heterocycles. The molecule has 0 saturated heterocycles. The van der Waals surface area contributed by atoms with Gasteiger partial charge in [0.25, 0.3) is 0 Å². The molecular formula is C15H19ClN4O. The largest absolute Gasteiger partial charge is 0.382 e. The maximum atomic E-state index is 6.06. The van der Waals surface area contributed by atoms with Gasteiger partial charge in [-0.3, -0.25) is 0 Å². The lowest BCUT2D eigenvalue weighted by Crippen LogP contribution is -2.18. The summed E-state index contributed by atoms with van der Waals surface area (Å²) in [6.45, 7) is 0.516. The summed E-state index contributed by atoms with van der Waals surface area (Å²) in [6.07, 6.45) is 1.73. The Morgan fingerprint density at radius 1 is 1.33 bits per heavy atom. The highest BCUT2D eigenvalue weighted by atomic mass is 35.5. The molecule has 1 aromatic heterocycles. The molecule has 0 bridgehead atoms. The number of anilines is 2. The minimum Gasteiger partial charge on any atom is -0.382 e. The second-order valence-electron chi connectivity index (χ2n) is 4.84. The highest BCUT2D eigenvalue weighted by Crippen LogP contribution is 2.22. The molecule has 5 nitrogen and oxygen atoms in total. The van der Waals surface area contributed by atoms with Crippen molar-refractivity contribution in [1.82, 2.24) is 9.97 Å². The van der Waals surface area contributed by atoms with E-state index in [-0.39, 0.29) is 6.04 Å². The summed E-state index contributed by atoms with van der Waals surface area (Å²) in [7, 11) is 5.48. The number of aromatic nitrogens is 2. The molecular weight excluding hydrogens is 288 g/mol. The maximum absolute atomic E-state index is 6.06. The first kappa shape index (κ1) is 15.5. The van der Waals surface area contributed by atoms with Crippen LogP contribution >= 0.6 is 11.6 Å². The average molecular weight is 307 g/mol. The summed E-state index contributed by atoms with van der Waals surface area (Å²) in [6, 6.07) is 9.51. The van der Waals surface area contributed by atoms with E-state index in [1.165, 1.54) is 0 Å². The van der Waals surface area contributed by atoms with Crippen molar-refractivity contribution < 1.29 is 4.74 Å². The zero-order valence-corrected chi connectivity index (χ0v) is 13.1. The Balaban J connectivity index is 2.22. The summed E-state index contributed by atoms with van der Waals surface area (Å²) in [4.78, 5) is 10.5. The number of hydrogen-bond donors (Lipinski definition) is 1. The van der Waals surface area contributed by atoms with Crippen LogP contribution in [0.1, 0.15) is 11.6 Å². The number of ether oxygens (including phenoxy) is 1. The van der Waals surface area contributed by atoms with Gasteiger partial charge in [0.1, 0.15) is 5.82 Å². The summed E-state index contributed by atoms with van der Waals surface area (Å²) in [5.74, 6) is 1.40. The first-order chi connectivity index (χ1) is 10.1. The normalized spacial score (nSPS) is 12.0. The molecule has 1 atom stereocenters. The molecule has 0 radical (unpaired) electrons. The SMILES string of the molecule is COCC(Nc1ccnc(N(C)C)n1)c1cccc(Cl)c1. The van der Waals surface area contributed by atoms with Gasteiger partial charge in [-0.05, 0) is 23.8 Å². The minimum atomic E-state index is -0.0291.